The molecule has 2 atom stereocenters. The number of nitrogens with zero attached hydrogens (tertiary/aromatic N) is 1. The van der Waals surface area contributed by atoms with Gasteiger partial charge in [-0.25, -0.2) is 0 Å². The average Bonchev–Trinajstić information content (AvgIpc) is 2.23. The van der Waals surface area contributed by atoms with E-state index in [4.69, 9.17) is 5.11 Å². The van der Waals surface area contributed by atoms with E-state index in [9.17, 15) is 0 Å². The summed E-state index contributed by atoms with van der Waals surface area (Å²) in [6.07, 6.45) is 8.70. The van der Waals surface area contributed by atoms with Crippen molar-refractivity contribution in [3.05, 3.63) is 12.7 Å². The Balaban J connectivity index is 2.13. The van der Waals surface area contributed by atoms with Gasteiger partial charge in [-0.2, -0.15) is 0 Å². The second-order valence-electron chi connectivity index (χ2n) is 4.77. The number of hydrogen-bond acceptors (Lipinski definition) is 2. The molecule has 1 N–H and O–H groups in total. The van der Waals surface area contributed by atoms with Crippen molar-refractivity contribution in [3.63, 3.8) is 0 Å². The van der Waals surface area contributed by atoms with Crippen LogP contribution >= 0.6 is 0 Å². The molecule has 1 saturated carbocycles. The molecule has 0 aromatic carbocycles. The Hall–Kier alpha value is -0.340. The fourth-order valence-corrected chi connectivity index (χ4v) is 3.27. The van der Waals surface area contributed by atoms with Crippen molar-refractivity contribution < 1.29 is 5.11 Å². The molecular formula is C12H21NO. The molecule has 0 spiro atoms. The van der Waals surface area contributed by atoms with Crippen LogP contribution in [0.5, 0.6) is 0 Å². The Morgan fingerprint density at radius 2 is 2.36 bits per heavy atom. The van der Waals surface area contributed by atoms with Crippen LogP contribution in [0, 0.1) is 5.92 Å². The molecule has 1 aliphatic heterocycles. The number of hydrogen-bond donors (Lipinski definition) is 1. The number of piperidine rings is 1. The summed E-state index contributed by atoms with van der Waals surface area (Å²) in [7, 11) is 0. The molecule has 2 fully saturated rings. The molecular weight excluding hydrogens is 174 g/mol. The molecule has 2 bridgehead atoms. The molecule has 0 amide bonds. The summed E-state index contributed by atoms with van der Waals surface area (Å²) in [5.41, 5.74) is 0.226. The zero-order valence-electron chi connectivity index (χ0n) is 8.91. The van der Waals surface area contributed by atoms with Crippen LogP contribution in [-0.2, 0) is 0 Å². The van der Waals surface area contributed by atoms with Crippen LogP contribution in [0.25, 0.3) is 0 Å². The molecule has 0 radical (unpaired) electrons. The van der Waals surface area contributed by atoms with E-state index in [0.717, 1.165) is 19.0 Å². The van der Waals surface area contributed by atoms with Gasteiger partial charge in [-0.3, -0.25) is 4.90 Å². The minimum absolute atomic E-state index is 0.226. The number of likely N-dealkylation sites (tertiary alicyclic amines) is 1. The maximum atomic E-state index is 9.05. The average molecular weight is 195 g/mol. The number of β-amino-alcohol motifs (C(OH)–C–C–N with tert-alkyl or cyclic N) is 1. The summed E-state index contributed by atoms with van der Waals surface area (Å²) >= 11 is 0. The number of aliphatic hydroxyl groups excluding tert-OH is 1. The molecule has 0 unspecified atom stereocenters. The fraction of sp³-hybridized carbons (Fsp3) is 0.833. The molecule has 2 rings (SSSR count). The van der Waals surface area contributed by atoms with Crippen LogP contribution in [0.2, 0.25) is 0 Å². The van der Waals surface area contributed by atoms with E-state index in [1.165, 1.54) is 32.1 Å². The standard InChI is InChI=1S/C12H21NO/c1-2-12-6-3-4-11(10-12)5-7-13(12)8-9-14/h2,11,14H,1,3-10H2/t11-,12-/m0/s1. The van der Waals surface area contributed by atoms with Gasteiger partial charge < -0.3 is 5.11 Å². The van der Waals surface area contributed by atoms with E-state index in [-0.39, 0.29) is 12.1 Å². The SMILES string of the molecule is C=C[C@@]12CCC[C@@H](CCN1CCO)C2. The van der Waals surface area contributed by atoms with Crippen molar-refractivity contribution >= 4 is 0 Å². The molecule has 2 heteroatoms. The lowest BCUT2D eigenvalue weighted by Gasteiger charge is -2.51. The lowest BCUT2D eigenvalue weighted by Crippen LogP contribution is -2.55. The first kappa shape index (κ1) is 10.2. The highest BCUT2D eigenvalue weighted by atomic mass is 16.3. The Kier molecular flexibility index (Phi) is 2.93. The normalized spacial score (nSPS) is 38.2. The zero-order valence-corrected chi connectivity index (χ0v) is 8.91. The highest BCUT2D eigenvalue weighted by Gasteiger charge is 2.41. The molecule has 80 valence electrons. The quantitative estimate of drug-likeness (QED) is 0.694. The van der Waals surface area contributed by atoms with Crippen LogP contribution in [0.15, 0.2) is 12.7 Å². The van der Waals surface area contributed by atoms with Crippen molar-refractivity contribution in [2.75, 3.05) is 19.7 Å². The van der Waals surface area contributed by atoms with Crippen LogP contribution in [0.4, 0.5) is 0 Å². The van der Waals surface area contributed by atoms with Gasteiger partial charge >= 0.3 is 0 Å². The van der Waals surface area contributed by atoms with Crippen molar-refractivity contribution in [3.8, 4) is 0 Å². The Morgan fingerprint density at radius 3 is 3.07 bits per heavy atom. The summed E-state index contributed by atoms with van der Waals surface area (Å²) in [4.78, 5) is 2.44. The van der Waals surface area contributed by atoms with Crippen LogP contribution < -0.4 is 0 Å². The first-order valence-corrected chi connectivity index (χ1v) is 5.80. The van der Waals surface area contributed by atoms with Gasteiger partial charge in [0.15, 0.2) is 0 Å². The van der Waals surface area contributed by atoms with Crippen molar-refractivity contribution in [1.82, 2.24) is 4.90 Å². The molecule has 0 aromatic heterocycles. The summed E-state index contributed by atoms with van der Waals surface area (Å²) in [5, 5.41) is 9.05. The molecule has 1 heterocycles. The first-order chi connectivity index (χ1) is 6.80. The summed E-state index contributed by atoms with van der Waals surface area (Å²) in [6, 6.07) is 0. The van der Waals surface area contributed by atoms with Crippen molar-refractivity contribution in [2.45, 2.75) is 37.6 Å². The highest BCUT2D eigenvalue weighted by molar-refractivity contribution is 5.09. The smallest absolute Gasteiger partial charge is 0.0558 e. The predicted molar refractivity (Wildman–Crippen MR) is 58.2 cm³/mol. The van der Waals surface area contributed by atoms with Crippen molar-refractivity contribution in [2.24, 2.45) is 5.92 Å². The van der Waals surface area contributed by atoms with E-state index < -0.39 is 0 Å². The zero-order chi connectivity index (χ0) is 10.0. The third-order valence-electron chi connectivity index (χ3n) is 4.05. The Labute approximate surface area is 86.6 Å². The van der Waals surface area contributed by atoms with Gasteiger partial charge in [-0.1, -0.05) is 18.9 Å². The minimum Gasteiger partial charge on any atom is -0.395 e. The first-order valence-electron chi connectivity index (χ1n) is 5.80. The van der Waals surface area contributed by atoms with Gasteiger partial charge in [-0.15, -0.1) is 6.58 Å². The van der Waals surface area contributed by atoms with Gasteiger partial charge in [0, 0.05) is 12.1 Å². The van der Waals surface area contributed by atoms with Gasteiger partial charge in [0.25, 0.3) is 0 Å². The molecule has 14 heavy (non-hydrogen) atoms. The van der Waals surface area contributed by atoms with E-state index in [2.05, 4.69) is 17.6 Å². The number of fused-ring (bicyclic) bond motifs is 2. The Bertz CT molecular complexity index is 216. The molecule has 2 nitrogen and oxygen atoms in total. The van der Waals surface area contributed by atoms with Gasteiger partial charge in [0.1, 0.15) is 0 Å². The van der Waals surface area contributed by atoms with Crippen LogP contribution in [0.3, 0.4) is 0 Å². The maximum Gasteiger partial charge on any atom is 0.0558 e. The highest BCUT2D eigenvalue weighted by Crippen LogP contribution is 2.42. The summed E-state index contributed by atoms with van der Waals surface area (Å²) in [6.45, 7) is 6.25. The topological polar surface area (TPSA) is 23.5 Å². The molecule has 2 aliphatic rings. The largest absolute Gasteiger partial charge is 0.395 e. The fourth-order valence-electron chi connectivity index (χ4n) is 3.27. The second-order valence-corrected chi connectivity index (χ2v) is 4.77. The molecule has 1 saturated heterocycles. The van der Waals surface area contributed by atoms with E-state index in [0.29, 0.717) is 0 Å². The monoisotopic (exact) mass is 195 g/mol. The summed E-state index contributed by atoms with van der Waals surface area (Å²) < 4.78 is 0. The molecule has 0 aromatic rings. The third-order valence-corrected chi connectivity index (χ3v) is 4.05. The second kappa shape index (κ2) is 4.03. The molecule has 1 aliphatic carbocycles. The number of rotatable bonds is 3. The van der Waals surface area contributed by atoms with Crippen LogP contribution in [0.1, 0.15) is 32.1 Å². The van der Waals surface area contributed by atoms with E-state index >= 15 is 0 Å². The van der Waals surface area contributed by atoms with E-state index in [1.54, 1.807) is 0 Å². The number of aliphatic hydroxyl groups is 1. The lowest BCUT2D eigenvalue weighted by atomic mass is 9.70. The Morgan fingerprint density at radius 1 is 1.50 bits per heavy atom. The minimum atomic E-state index is 0.226. The van der Waals surface area contributed by atoms with Crippen LogP contribution in [-0.4, -0.2) is 35.2 Å². The van der Waals surface area contributed by atoms with Crippen molar-refractivity contribution in [1.29, 1.82) is 0 Å². The van der Waals surface area contributed by atoms with Gasteiger partial charge in [0.2, 0.25) is 0 Å². The summed E-state index contributed by atoms with van der Waals surface area (Å²) in [5.74, 6) is 0.914. The third kappa shape index (κ3) is 1.61. The van der Waals surface area contributed by atoms with Gasteiger partial charge in [0.05, 0.1) is 6.61 Å². The van der Waals surface area contributed by atoms with Gasteiger partial charge in [-0.05, 0) is 31.7 Å². The van der Waals surface area contributed by atoms with E-state index in [1.807, 2.05) is 0 Å². The lowest BCUT2D eigenvalue weighted by molar-refractivity contribution is 0.00893. The predicted octanol–water partition coefficient (Wildman–Crippen LogP) is 1.80. The maximum absolute atomic E-state index is 9.05.